The molecule has 7 nitrogen and oxygen atoms in total. The maximum absolute atomic E-state index is 13.0. The number of phenols is 1. The first kappa shape index (κ1) is 20.4. The van der Waals surface area contributed by atoms with Crippen molar-refractivity contribution in [2.75, 3.05) is 7.11 Å². The molecule has 1 aliphatic carbocycles. The van der Waals surface area contributed by atoms with E-state index in [0.29, 0.717) is 23.3 Å². The number of hydrogen-bond acceptors (Lipinski definition) is 7. The Morgan fingerprint density at radius 2 is 1.97 bits per heavy atom. The molecule has 152 valence electrons. The predicted molar refractivity (Wildman–Crippen MR) is 103 cm³/mol. The lowest BCUT2D eigenvalue weighted by molar-refractivity contribution is -0.145. The standard InChI is InChI=1S/C22H22O7/c1-5-6-15-8-13-9-18(24)22(3,20(25)16(13)11-28-15)29-21(26)19-12(2)7-14(23)10-17(19)27-4/h7-11,23H,5-6H2,1-4H3. The SMILES string of the molecule is CCCC1=CC2=CC(=O)C(C)(OC(=O)c3c(C)cc(O)cc3OC)C(=O)C2=CO1. The van der Waals surface area contributed by atoms with Crippen molar-refractivity contribution in [1.29, 1.82) is 0 Å². The molecule has 1 aliphatic heterocycles. The number of carbonyl (C=O) groups excluding carboxylic acids is 3. The number of methoxy groups -OCH3 is 1. The van der Waals surface area contributed by atoms with E-state index in [1.807, 2.05) is 6.92 Å². The number of aryl methyl sites for hydroxylation is 1. The van der Waals surface area contributed by atoms with Gasteiger partial charge in [0.05, 0.1) is 12.7 Å². The molecule has 1 aromatic rings. The Balaban J connectivity index is 1.96. The van der Waals surface area contributed by atoms with Crippen LogP contribution in [-0.4, -0.2) is 35.4 Å². The number of esters is 1. The van der Waals surface area contributed by atoms with E-state index in [0.717, 1.165) is 6.42 Å². The predicted octanol–water partition coefficient (Wildman–Crippen LogP) is 3.30. The summed E-state index contributed by atoms with van der Waals surface area (Å²) in [6, 6.07) is 2.62. The number of ether oxygens (including phenoxy) is 3. The van der Waals surface area contributed by atoms with Crippen LogP contribution >= 0.6 is 0 Å². The van der Waals surface area contributed by atoms with E-state index in [9.17, 15) is 19.5 Å². The second-order valence-electron chi connectivity index (χ2n) is 7.07. The Bertz CT molecular complexity index is 997. The minimum atomic E-state index is -2.03. The highest BCUT2D eigenvalue weighted by Crippen LogP contribution is 2.36. The number of carbonyl (C=O) groups is 3. The Morgan fingerprint density at radius 1 is 1.24 bits per heavy atom. The van der Waals surface area contributed by atoms with Gasteiger partial charge in [-0.05, 0) is 49.6 Å². The largest absolute Gasteiger partial charge is 0.508 e. The normalized spacial score (nSPS) is 20.8. The summed E-state index contributed by atoms with van der Waals surface area (Å²) in [5.41, 5.74) is -0.993. The van der Waals surface area contributed by atoms with Gasteiger partial charge in [-0.25, -0.2) is 4.79 Å². The summed E-state index contributed by atoms with van der Waals surface area (Å²) in [5.74, 6) is -1.54. The summed E-state index contributed by atoms with van der Waals surface area (Å²) < 4.78 is 16.0. The van der Waals surface area contributed by atoms with Crippen LogP contribution in [0.4, 0.5) is 0 Å². The molecular weight excluding hydrogens is 376 g/mol. The molecule has 0 radical (unpaired) electrons. The van der Waals surface area contributed by atoms with Crippen LogP contribution in [0.2, 0.25) is 0 Å². The van der Waals surface area contributed by atoms with Crippen LogP contribution in [0.5, 0.6) is 11.5 Å². The summed E-state index contributed by atoms with van der Waals surface area (Å²) in [7, 11) is 1.34. The summed E-state index contributed by atoms with van der Waals surface area (Å²) in [6.45, 7) is 4.84. The quantitative estimate of drug-likeness (QED) is 0.600. The zero-order chi connectivity index (χ0) is 21.3. The van der Waals surface area contributed by atoms with Crippen molar-refractivity contribution in [3.8, 4) is 11.5 Å². The molecule has 0 aromatic heterocycles. The Kier molecular flexibility index (Phi) is 5.33. The number of benzene rings is 1. The Morgan fingerprint density at radius 3 is 2.62 bits per heavy atom. The summed E-state index contributed by atoms with van der Waals surface area (Å²) >= 11 is 0. The van der Waals surface area contributed by atoms with Gasteiger partial charge in [0.1, 0.15) is 29.1 Å². The topological polar surface area (TPSA) is 99.1 Å². The number of fused-ring (bicyclic) bond motifs is 1. The van der Waals surface area contributed by atoms with Gasteiger partial charge in [0.25, 0.3) is 0 Å². The average Bonchev–Trinajstić information content (AvgIpc) is 2.66. The molecule has 1 N–H and O–H groups in total. The minimum absolute atomic E-state index is 0.0286. The van der Waals surface area contributed by atoms with Gasteiger partial charge in [0.15, 0.2) is 0 Å². The van der Waals surface area contributed by atoms with Crippen molar-refractivity contribution >= 4 is 17.5 Å². The summed E-state index contributed by atoms with van der Waals surface area (Å²) in [4.78, 5) is 38.6. The highest BCUT2D eigenvalue weighted by molar-refractivity contribution is 6.26. The number of ketones is 2. The van der Waals surface area contributed by atoms with E-state index in [1.54, 1.807) is 13.0 Å². The molecule has 1 aromatic carbocycles. The number of allylic oxidation sites excluding steroid dienone is 3. The van der Waals surface area contributed by atoms with Gasteiger partial charge in [-0.3, -0.25) is 9.59 Å². The maximum Gasteiger partial charge on any atom is 0.343 e. The van der Waals surface area contributed by atoms with Gasteiger partial charge in [-0.2, -0.15) is 0 Å². The lowest BCUT2D eigenvalue weighted by atomic mass is 9.80. The third-order valence-corrected chi connectivity index (χ3v) is 4.89. The zero-order valence-corrected chi connectivity index (χ0v) is 16.7. The lowest BCUT2D eigenvalue weighted by Crippen LogP contribution is -2.50. The molecular formula is C22H22O7. The van der Waals surface area contributed by atoms with Crippen LogP contribution in [-0.2, 0) is 19.1 Å². The van der Waals surface area contributed by atoms with E-state index in [2.05, 4.69) is 0 Å². The second-order valence-corrected chi connectivity index (χ2v) is 7.07. The van der Waals surface area contributed by atoms with Crippen molar-refractivity contribution in [2.45, 2.75) is 39.2 Å². The number of Topliss-reactive ketones (excluding diaryl/α,β-unsaturated/α-hetero) is 1. The second kappa shape index (κ2) is 7.58. The zero-order valence-electron chi connectivity index (χ0n) is 16.7. The number of rotatable bonds is 5. The monoisotopic (exact) mass is 398 g/mol. The average molecular weight is 398 g/mol. The molecule has 0 fully saturated rings. The third kappa shape index (κ3) is 3.55. The van der Waals surface area contributed by atoms with Crippen molar-refractivity contribution in [3.63, 3.8) is 0 Å². The number of phenolic OH excluding ortho intramolecular Hbond substituents is 1. The Hall–Kier alpha value is -3.35. The van der Waals surface area contributed by atoms with Gasteiger partial charge in [0, 0.05) is 12.5 Å². The summed E-state index contributed by atoms with van der Waals surface area (Å²) in [6.07, 6.45) is 5.77. The number of hydrogen-bond donors (Lipinski definition) is 1. The van der Waals surface area contributed by atoms with E-state index in [4.69, 9.17) is 14.2 Å². The molecule has 1 unspecified atom stereocenters. The molecule has 2 aliphatic rings. The van der Waals surface area contributed by atoms with Crippen LogP contribution in [0.15, 0.2) is 47.5 Å². The van der Waals surface area contributed by atoms with Crippen LogP contribution in [0.1, 0.15) is 42.6 Å². The fraction of sp³-hybridized carbons (Fsp3) is 0.318. The van der Waals surface area contributed by atoms with Crippen molar-refractivity contribution < 1.29 is 33.7 Å². The minimum Gasteiger partial charge on any atom is -0.508 e. The number of aromatic hydroxyl groups is 1. The lowest BCUT2D eigenvalue weighted by Gasteiger charge is -2.31. The molecule has 0 bridgehead atoms. The highest BCUT2D eigenvalue weighted by atomic mass is 16.6. The van der Waals surface area contributed by atoms with Gasteiger partial charge >= 0.3 is 5.97 Å². The summed E-state index contributed by atoms with van der Waals surface area (Å²) in [5, 5.41) is 9.70. The molecule has 7 heteroatoms. The molecule has 0 saturated heterocycles. The van der Waals surface area contributed by atoms with Gasteiger partial charge in [-0.1, -0.05) is 6.92 Å². The van der Waals surface area contributed by atoms with Crippen LogP contribution < -0.4 is 4.74 Å². The molecule has 1 atom stereocenters. The van der Waals surface area contributed by atoms with E-state index >= 15 is 0 Å². The first-order chi connectivity index (χ1) is 13.7. The van der Waals surface area contributed by atoms with Crippen LogP contribution in [0.25, 0.3) is 0 Å². The third-order valence-electron chi connectivity index (χ3n) is 4.89. The first-order valence-electron chi connectivity index (χ1n) is 9.21. The molecule has 0 amide bonds. The van der Waals surface area contributed by atoms with Gasteiger partial charge < -0.3 is 19.3 Å². The fourth-order valence-electron chi connectivity index (χ4n) is 3.31. The fourth-order valence-corrected chi connectivity index (χ4v) is 3.31. The van der Waals surface area contributed by atoms with Crippen LogP contribution in [0.3, 0.4) is 0 Å². The highest BCUT2D eigenvalue weighted by Gasteiger charge is 2.50. The Labute approximate surface area is 168 Å². The van der Waals surface area contributed by atoms with Crippen molar-refractivity contribution in [2.24, 2.45) is 0 Å². The van der Waals surface area contributed by atoms with Gasteiger partial charge in [-0.15, -0.1) is 0 Å². The van der Waals surface area contributed by atoms with Gasteiger partial charge in [0.2, 0.25) is 17.2 Å². The first-order valence-corrected chi connectivity index (χ1v) is 9.21. The molecule has 1 heterocycles. The molecule has 0 saturated carbocycles. The van der Waals surface area contributed by atoms with Crippen LogP contribution in [0, 0.1) is 6.92 Å². The molecule has 0 spiro atoms. The van der Waals surface area contributed by atoms with E-state index in [1.165, 1.54) is 38.5 Å². The van der Waals surface area contributed by atoms with Crippen molar-refractivity contribution in [1.82, 2.24) is 0 Å². The smallest absolute Gasteiger partial charge is 0.343 e. The maximum atomic E-state index is 13.0. The molecule has 3 rings (SSSR count). The van der Waals surface area contributed by atoms with Crippen molar-refractivity contribution in [3.05, 3.63) is 58.6 Å². The molecule has 29 heavy (non-hydrogen) atoms. The van der Waals surface area contributed by atoms with E-state index < -0.39 is 23.1 Å². The van der Waals surface area contributed by atoms with E-state index in [-0.39, 0.29) is 22.6 Å².